The first-order valence-electron chi connectivity index (χ1n) is 10.6. The molecule has 0 fully saturated rings. The Bertz CT molecular complexity index is 1190. The van der Waals surface area contributed by atoms with Gasteiger partial charge in [0, 0.05) is 28.3 Å². The number of rotatable bonds is 7. The van der Waals surface area contributed by atoms with Gasteiger partial charge in [-0.3, -0.25) is 0 Å². The van der Waals surface area contributed by atoms with Crippen LogP contribution in [-0.2, 0) is 5.60 Å². The molecule has 0 spiro atoms. The molecule has 4 aromatic carbocycles. The molecular weight excluding hydrogens is 392 g/mol. The van der Waals surface area contributed by atoms with Crippen molar-refractivity contribution in [3.05, 3.63) is 115 Å². The molecule has 3 nitrogen and oxygen atoms in total. The number of hydrogen-bond donors (Lipinski definition) is 2. The molecule has 0 bridgehead atoms. The van der Waals surface area contributed by atoms with Gasteiger partial charge in [-0.15, -0.1) is 5.92 Å². The smallest absolute Gasteiger partial charge is 0.191 e. The van der Waals surface area contributed by atoms with E-state index in [-0.39, 0.29) is 0 Å². The van der Waals surface area contributed by atoms with Gasteiger partial charge in [0.25, 0.3) is 0 Å². The Morgan fingerprint density at radius 3 is 1.50 bits per heavy atom. The maximum atomic E-state index is 6.37. The van der Waals surface area contributed by atoms with Gasteiger partial charge in [0.15, 0.2) is 5.60 Å². The fraction of sp³-hybridized carbons (Fsp3) is 0.103. The second-order valence-corrected chi connectivity index (χ2v) is 7.59. The summed E-state index contributed by atoms with van der Waals surface area (Å²) in [4.78, 5) is 0. The summed E-state index contributed by atoms with van der Waals surface area (Å²) >= 11 is 0. The summed E-state index contributed by atoms with van der Waals surface area (Å²) in [7, 11) is 0. The van der Waals surface area contributed by atoms with Crippen LogP contribution in [0.5, 0.6) is 5.75 Å². The van der Waals surface area contributed by atoms with E-state index in [4.69, 9.17) is 4.74 Å². The second-order valence-electron chi connectivity index (χ2n) is 7.59. The summed E-state index contributed by atoms with van der Waals surface area (Å²) in [6.07, 6.45) is 0. The van der Waals surface area contributed by atoms with Crippen LogP contribution < -0.4 is 15.4 Å². The van der Waals surface area contributed by atoms with Crippen molar-refractivity contribution in [2.75, 3.05) is 10.6 Å². The Morgan fingerprint density at radius 2 is 1.03 bits per heavy atom. The third-order valence-electron chi connectivity index (χ3n) is 5.10. The van der Waals surface area contributed by atoms with E-state index in [1.54, 1.807) is 0 Å². The number of ether oxygens (including phenoxy) is 1. The van der Waals surface area contributed by atoms with Crippen molar-refractivity contribution in [3.8, 4) is 17.6 Å². The molecule has 0 aliphatic rings. The van der Waals surface area contributed by atoms with Crippen LogP contribution in [0.25, 0.3) is 0 Å². The van der Waals surface area contributed by atoms with Crippen molar-refractivity contribution >= 4 is 22.7 Å². The van der Waals surface area contributed by atoms with Crippen molar-refractivity contribution in [1.29, 1.82) is 0 Å². The van der Waals surface area contributed by atoms with Gasteiger partial charge in [0.2, 0.25) is 0 Å². The lowest BCUT2D eigenvalue weighted by Crippen LogP contribution is -2.27. The number of benzene rings is 4. The first-order chi connectivity index (χ1) is 15.6. The lowest BCUT2D eigenvalue weighted by atomic mass is 9.95. The molecule has 158 valence electrons. The average Bonchev–Trinajstić information content (AvgIpc) is 2.82. The molecule has 2 N–H and O–H groups in total. The predicted molar refractivity (Wildman–Crippen MR) is 134 cm³/mol. The van der Waals surface area contributed by atoms with Crippen LogP contribution >= 0.6 is 0 Å². The van der Waals surface area contributed by atoms with E-state index in [0.717, 1.165) is 34.1 Å². The van der Waals surface area contributed by atoms with Gasteiger partial charge in [-0.05, 0) is 74.5 Å². The first-order valence-corrected chi connectivity index (χ1v) is 10.6. The Balaban J connectivity index is 1.48. The fourth-order valence-electron chi connectivity index (χ4n) is 3.49. The highest BCUT2D eigenvalue weighted by atomic mass is 16.5. The lowest BCUT2D eigenvalue weighted by Gasteiger charge is -2.26. The summed E-state index contributed by atoms with van der Waals surface area (Å²) in [6, 6.07) is 36.4. The molecule has 0 saturated heterocycles. The van der Waals surface area contributed by atoms with Crippen molar-refractivity contribution in [2.45, 2.75) is 19.4 Å². The molecule has 0 saturated carbocycles. The molecule has 32 heavy (non-hydrogen) atoms. The molecule has 0 radical (unpaired) electrons. The molecule has 4 aromatic rings. The van der Waals surface area contributed by atoms with Crippen LogP contribution in [0.3, 0.4) is 0 Å². The van der Waals surface area contributed by atoms with Crippen molar-refractivity contribution in [1.82, 2.24) is 0 Å². The molecule has 0 amide bonds. The van der Waals surface area contributed by atoms with Crippen molar-refractivity contribution in [2.24, 2.45) is 0 Å². The number of hydrogen-bond acceptors (Lipinski definition) is 3. The summed E-state index contributed by atoms with van der Waals surface area (Å²) in [5.41, 5.74) is 4.36. The molecule has 4 rings (SSSR count). The Labute approximate surface area is 190 Å². The topological polar surface area (TPSA) is 33.3 Å². The minimum Gasteiger partial charge on any atom is -0.471 e. The largest absolute Gasteiger partial charge is 0.471 e. The van der Waals surface area contributed by atoms with E-state index >= 15 is 0 Å². The zero-order valence-electron chi connectivity index (χ0n) is 18.3. The highest BCUT2D eigenvalue weighted by Gasteiger charge is 2.26. The number of anilines is 4. The SMILES string of the molecule is CC#CC(C)(Oc1ccc(Nc2ccccc2)cc1)c1ccc(Nc2ccccc2)cc1. The van der Waals surface area contributed by atoms with E-state index in [1.807, 2.05) is 111 Å². The first kappa shape index (κ1) is 21.1. The minimum atomic E-state index is -0.756. The number of nitrogens with one attached hydrogen (secondary N) is 2. The van der Waals surface area contributed by atoms with Crippen LogP contribution in [0.4, 0.5) is 22.7 Å². The Morgan fingerprint density at radius 1 is 0.594 bits per heavy atom. The van der Waals surface area contributed by atoms with Crippen LogP contribution in [-0.4, -0.2) is 0 Å². The third-order valence-corrected chi connectivity index (χ3v) is 5.10. The monoisotopic (exact) mass is 418 g/mol. The molecule has 0 aliphatic heterocycles. The van der Waals surface area contributed by atoms with E-state index in [0.29, 0.717) is 0 Å². The summed E-state index contributed by atoms with van der Waals surface area (Å²) in [5.74, 6) is 7.03. The number of para-hydroxylation sites is 2. The molecular formula is C29H26N2O. The standard InChI is InChI=1S/C29H26N2O/c1-3-22-29(2,23-14-16-26(17-15-23)30-24-10-6-4-7-11-24)32-28-20-18-27(19-21-28)31-25-12-8-5-9-13-25/h4-21,30-31H,1-2H3. The zero-order chi connectivity index (χ0) is 22.2. The van der Waals surface area contributed by atoms with E-state index in [1.165, 1.54) is 0 Å². The fourth-order valence-corrected chi connectivity index (χ4v) is 3.49. The molecule has 0 aromatic heterocycles. The highest BCUT2D eigenvalue weighted by Crippen LogP contribution is 2.30. The maximum absolute atomic E-state index is 6.37. The average molecular weight is 419 g/mol. The third kappa shape index (κ3) is 5.30. The molecule has 3 heteroatoms. The Hall–Kier alpha value is -4.16. The van der Waals surface area contributed by atoms with E-state index in [9.17, 15) is 0 Å². The lowest BCUT2D eigenvalue weighted by molar-refractivity contribution is 0.152. The quantitative estimate of drug-likeness (QED) is 0.305. The van der Waals surface area contributed by atoms with Gasteiger partial charge in [-0.1, -0.05) is 54.5 Å². The van der Waals surface area contributed by atoms with Crippen LogP contribution in [0.2, 0.25) is 0 Å². The molecule has 1 unspecified atom stereocenters. The summed E-state index contributed by atoms with van der Waals surface area (Å²) < 4.78 is 6.37. The zero-order valence-corrected chi connectivity index (χ0v) is 18.3. The summed E-state index contributed by atoms with van der Waals surface area (Å²) in [6.45, 7) is 3.83. The van der Waals surface area contributed by atoms with E-state index < -0.39 is 5.60 Å². The summed E-state index contributed by atoms with van der Waals surface area (Å²) in [5, 5.41) is 6.79. The van der Waals surface area contributed by atoms with Gasteiger partial charge >= 0.3 is 0 Å². The molecule has 0 heterocycles. The van der Waals surface area contributed by atoms with Crippen LogP contribution in [0.1, 0.15) is 19.4 Å². The normalized spacial score (nSPS) is 12.1. The van der Waals surface area contributed by atoms with Gasteiger partial charge in [0.05, 0.1) is 0 Å². The molecule has 0 aliphatic carbocycles. The second kappa shape index (κ2) is 9.76. The minimum absolute atomic E-state index is 0.756. The van der Waals surface area contributed by atoms with E-state index in [2.05, 4.69) is 34.6 Å². The van der Waals surface area contributed by atoms with Crippen LogP contribution in [0.15, 0.2) is 109 Å². The van der Waals surface area contributed by atoms with Gasteiger partial charge in [0.1, 0.15) is 5.75 Å². The predicted octanol–water partition coefficient (Wildman–Crippen LogP) is 7.49. The van der Waals surface area contributed by atoms with Crippen molar-refractivity contribution < 1.29 is 4.74 Å². The molecule has 1 atom stereocenters. The van der Waals surface area contributed by atoms with Gasteiger partial charge in [-0.2, -0.15) is 0 Å². The van der Waals surface area contributed by atoms with Gasteiger partial charge in [-0.25, -0.2) is 0 Å². The Kier molecular flexibility index (Phi) is 6.43. The highest BCUT2D eigenvalue weighted by molar-refractivity contribution is 5.61. The van der Waals surface area contributed by atoms with Crippen LogP contribution in [0, 0.1) is 11.8 Å². The van der Waals surface area contributed by atoms with Gasteiger partial charge < -0.3 is 15.4 Å². The maximum Gasteiger partial charge on any atom is 0.191 e. The van der Waals surface area contributed by atoms with Crippen molar-refractivity contribution in [3.63, 3.8) is 0 Å².